The lowest BCUT2D eigenvalue weighted by molar-refractivity contribution is -0.597. The van der Waals surface area contributed by atoms with Crippen LogP contribution in [-0.4, -0.2) is 51.6 Å². The summed E-state index contributed by atoms with van der Waals surface area (Å²) >= 11 is 0. The summed E-state index contributed by atoms with van der Waals surface area (Å²) in [6, 6.07) is 11.2. The first kappa shape index (κ1) is 27.0. The van der Waals surface area contributed by atoms with Gasteiger partial charge in [-0.1, -0.05) is 0 Å². The van der Waals surface area contributed by atoms with E-state index in [0.29, 0.717) is 16.9 Å². The van der Waals surface area contributed by atoms with Crippen LogP contribution >= 0.6 is 0 Å². The second kappa shape index (κ2) is 11.0. The van der Waals surface area contributed by atoms with Crippen molar-refractivity contribution >= 4 is 28.4 Å². The lowest BCUT2D eigenvalue weighted by Crippen LogP contribution is -2.39. The maximum absolute atomic E-state index is 15.1. The molecule has 1 saturated heterocycles. The highest BCUT2D eigenvalue weighted by Crippen LogP contribution is 2.35. The lowest BCUT2D eigenvalue weighted by atomic mass is 10.1. The van der Waals surface area contributed by atoms with E-state index in [1.54, 1.807) is 0 Å². The third-order valence-corrected chi connectivity index (χ3v) is 6.59. The third-order valence-electron chi connectivity index (χ3n) is 6.59. The fourth-order valence-corrected chi connectivity index (χ4v) is 4.49. The zero-order valence-corrected chi connectivity index (χ0v) is 21.5. The quantitative estimate of drug-likeness (QED) is 0.168. The molecule has 5 aromatic rings. The number of halogens is 3. The molecule has 2 aromatic carbocycles. The number of nitrogens with zero attached hydrogens (tertiary/aromatic N) is 3. The number of aromatic amines is 1. The molecule has 0 spiro atoms. The minimum atomic E-state index is -0.926. The molecule has 3 aromatic heterocycles. The predicted molar refractivity (Wildman–Crippen MR) is 143 cm³/mol. The third kappa shape index (κ3) is 5.15. The zero-order chi connectivity index (χ0) is 29.4. The molecule has 1 aliphatic heterocycles. The summed E-state index contributed by atoms with van der Waals surface area (Å²) in [5.74, 6) is -2.88. The molecule has 14 heteroatoms. The molecule has 1 amide bonds. The molecular weight excluding hydrogens is 557 g/mol. The molecule has 0 unspecified atom stereocenters. The molecule has 0 radical (unpaired) electrons. The van der Waals surface area contributed by atoms with Gasteiger partial charge in [0.25, 0.3) is 11.4 Å². The van der Waals surface area contributed by atoms with Crippen molar-refractivity contribution in [3.8, 4) is 22.8 Å². The largest absolute Gasteiger partial charge is 0.618 e. The van der Waals surface area contributed by atoms with Crippen LogP contribution in [0.4, 0.5) is 24.7 Å². The summed E-state index contributed by atoms with van der Waals surface area (Å²) in [5, 5.41) is 35.8. The first-order valence-corrected chi connectivity index (χ1v) is 12.6. The van der Waals surface area contributed by atoms with E-state index in [4.69, 9.17) is 9.47 Å². The van der Waals surface area contributed by atoms with Gasteiger partial charge in [0, 0.05) is 30.1 Å². The number of fused-ring (bicyclic) bond motifs is 1. The number of hydrogen-bond acceptors (Lipinski definition) is 8. The number of benzene rings is 2. The minimum absolute atomic E-state index is 0.00160. The number of amides is 1. The summed E-state index contributed by atoms with van der Waals surface area (Å²) in [4.78, 5) is 17.1. The van der Waals surface area contributed by atoms with Crippen LogP contribution in [-0.2, 0) is 4.74 Å². The van der Waals surface area contributed by atoms with E-state index in [-0.39, 0.29) is 40.7 Å². The Hall–Kier alpha value is -5.21. The van der Waals surface area contributed by atoms with E-state index in [1.165, 1.54) is 36.5 Å². The zero-order valence-electron chi connectivity index (χ0n) is 21.5. The van der Waals surface area contributed by atoms with Crippen LogP contribution in [0.3, 0.4) is 0 Å². The molecule has 214 valence electrons. The summed E-state index contributed by atoms with van der Waals surface area (Å²) in [6.45, 7) is 0.451. The predicted octanol–water partition coefficient (Wildman–Crippen LogP) is 3.89. The molecule has 6 rings (SSSR count). The van der Waals surface area contributed by atoms with Crippen molar-refractivity contribution in [3.63, 3.8) is 0 Å². The van der Waals surface area contributed by atoms with E-state index < -0.39 is 46.9 Å². The van der Waals surface area contributed by atoms with Crippen molar-refractivity contribution in [1.29, 1.82) is 0 Å². The summed E-state index contributed by atoms with van der Waals surface area (Å²) in [7, 11) is 0. The fourth-order valence-electron chi connectivity index (χ4n) is 4.49. The molecule has 0 saturated carbocycles. The van der Waals surface area contributed by atoms with Gasteiger partial charge in [-0.2, -0.15) is 14.2 Å². The van der Waals surface area contributed by atoms with Gasteiger partial charge in [-0.05, 0) is 42.5 Å². The number of H-pyrrole nitrogens is 1. The molecule has 11 nitrogen and oxygen atoms in total. The molecule has 4 N–H and O–H groups in total. The highest BCUT2D eigenvalue weighted by Gasteiger charge is 2.28. The number of carbonyl (C=O) groups excluding carboxylic acids is 1. The van der Waals surface area contributed by atoms with Crippen molar-refractivity contribution < 1.29 is 37.3 Å². The molecule has 4 heterocycles. The van der Waals surface area contributed by atoms with Gasteiger partial charge in [0.1, 0.15) is 17.0 Å². The molecule has 0 aliphatic carbocycles. The second-order valence-electron chi connectivity index (χ2n) is 9.38. The Labute approximate surface area is 235 Å². The summed E-state index contributed by atoms with van der Waals surface area (Å²) in [5.41, 5.74) is -0.506. The van der Waals surface area contributed by atoms with Gasteiger partial charge in [0.15, 0.2) is 28.8 Å². The summed E-state index contributed by atoms with van der Waals surface area (Å²) in [6.07, 6.45) is 0.708. The monoisotopic (exact) mass is 578 g/mol. The second-order valence-corrected chi connectivity index (χ2v) is 9.38. The van der Waals surface area contributed by atoms with Crippen molar-refractivity contribution in [1.82, 2.24) is 15.2 Å². The van der Waals surface area contributed by atoms with E-state index in [9.17, 15) is 23.9 Å². The number of pyridine rings is 2. The van der Waals surface area contributed by atoms with Gasteiger partial charge in [-0.3, -0.25) is 9.89 Å². The van der Waals surface area contributed by atoms with Gasteiger partial charge >= 0.3 is 5.91 Å². The Morgan fingerprint density at radius 1 is 1.05 bits per heavy atom. The van der Waals surface area contributed by atoms with Crippen LogP contribution in [0.25, 0.3) is 22.3 Å². The van der Waals surface area contributed by atoms with Crippen LogP contribution < -0.4 is 20.1 Å². The first-order chi connectivity index (χ1) is 20.3. The Balaban J connectivity index is 1.22. The lowest BCUT2D eigenvalue weighted by Gasteiger charge is -2.15. The maximum atomic E-state index is 15.1. The standard InChI is InChI=1S/C28H21F3N6O5/c29-15-3-1-14(2-4-15)25-17(30)6-7-20(37(25)40)28(39)33-16-5-8-22(18(31)11-16)42-23-9-10-32-26-24(23)27(36-35-26)34-19-12-41-13-21(19)38/h1-11,19,21,38H,12-13H2,(H,33,39)(H2,32,34,35,36)/t19-,21-/m0/s1. The van der Waals surface area contributed by atoms with E-state index in [2.05, 4.69) is 25.8 Å². The average molecular weight is 579 g/mol. The van der Waals surface area contributed by atoms with E-state index in [0.717, 1.165) is 30.3 Å². The normalized spacial score (nSPS) is 16.5. The van der Waals surface area contributed by atoms with Crippen LogP contribution in [0, 0.1) is 22.7 Å². The number of aliphatic hydroxyl groups excluding tert-OH is 1. The topological polar surface area (TPSA) is 148 Å². The molecular formula is C28H21F3N6O5. The van der Waals surface area contributed by atoms with Crippen molar-refractivity contribution in [2.45, 2.75) is 12.1 Å². The van der Waals surface area contributed by atoms with Gasteiger partial charge in [-0.25, -0.2) is 13.8 Å². The average Bonchev–Trinajstić information content (AvgIpc) is 3.57. The molecule has 0 bridgehead atoms. The van der Waals surface area contributed by atoms with Crippen LogP contribution in [0.15, 0.2) is 66.9 Å². The first-order valence-electron chi connectivity index (χ1n) is 12.6. The van der Waals surface area contributed by atoms with E-state index in [1.807, 2.05) is 0 Å². The van der Waals surface area contributed by atoms with Crippen LogP contribution in [0.1, 0.15) is 10.5 Å². The Morgan fingerprint density at radius 2 is 1.86 bits per heavy atom. The van der Waals surface area contributed by atoms with Gasteiger partial charge in [0.2, 0.25) is 0 Å². The number of anilines is 2. The van der Waals surface area contributed by atoms with Crippen LogP contribution in [0.5, 0.6) is 11.5 Å². The van der Waals surface area contributed by atoms with Crippen LogP contribution in [0.2, 0.25) is 0 Å². The summed E-state index contributed by atoms with van der Waals surface area (Å²) < 4.78 is 54.0. The van der Waals surface area contributed by atoms with Crippen molar-refractivity contribution in [2.24, 2.45) is 0 Å². The smallest absolute Gasteiger partial charge is 0.321 e. The number of aromatic nitrogens is 4. The number of ether oxygens (including phenoxy) is 2. The van der Waals surface area contributed by atoms with E-state index >= 15 is 4.39 Å². The number of hydrogen-bond donors (Lipinski definition) is 4. The van der Waals surface area contributed by atoms with Gasteiger partial charge < -0.3 is 30.4 Å². The number of aliphatic hydroxyl groups is 1. The minimum Gasteiger partial charge on any atom is -0.618 e. The molecule has 2 atom stereocenters. The number of nitrogens with one attached hydrogen (secondary N) is 3. The fraction of sp³-hybridized carbons (Fsp3) is 0.143. The maximum Gasteiger partial charge on any atom is 0.321 e. The Bertz CT molecular complexity index is 1800. The molecule has 1 aliphatic rings. The highest BCUT2D eigenvalue weighted by molar-refractivity contribution is 6.02. The molecule has 42 heavy (non-hydrogen) atoms. The van der Waals surface area contributed by atoms with Gasteiger partial charge in [-0.15, -0.1) is 0 Å². The number of rotatable bonds is 7. The Morgan fingerprint density at radius 3 is 2.60 bits per heavy atom. The SMILES string of the molecule is O=C(Nc1ccc(Oc2ccnc3[nH]nc(N[C@H]4COC[C@@H]4O)c23)c(F)c1)c1ccc(F)c(-c2ccc(F)cc2)[n+]1[O-]. The van der Waals surface area contributed by atoms with Gasteiger partial charge in [0.05, 0.1) is 30.9 Å². The highest BCUT2D eigenvalue weighted by atomic mass is 19.1. The Kier molecular flexibility index (Phi) is 7.06. The molecule has 1 fully saturated rings. The number of carbonyl (C=O) groups is 1. The van der Waals surface area contributed by atoms with Crippen molar-refractivity contribution in [3.05, 3.63) is 95.2 Å². The van der Waals surface area contributed by atoms with Crippen molar-refractivity contribution in [2.75, 3.05) is 23.8 Å².